The molecule has 152 valence electrons. The molecular formula is C21H28ClN3O3. The van der Waals surface area contributed by atoms with E-state index in [1.807, 2.05) is 4.90 Å². The highest BCUT2D eigenvalue weighted by Crippen LogP contribution is 2.36. The van der Waals surface area contributed by atoms with Crippen molar-refractivity contribution in [2.24, 2.45) is 17.8 Å². The van der Waals surface area contributed by atoms with Gasteiger partial charge in [0, 0.05) is 31.6 Å². The van der Waals surface area contributed by atoms with Crippen molar-refractivity contribution in [2.45, 2.75) is 52.5 Å². The maximum Gasteiger partial charge on any atom is 0.229 e. The van der Waals surface area contributed by atoms with Crippen molar-refractivity contribution in [2.75, 3.05) is 17.2 Å². The molecule has 2 fully saturated rings. The molecule has 3 amide bonds. The Hall–Kier alpha value is -2.08. The monoisotopic (exact) mass is 405 g/mol. The van der Waals surface area contributed by atoms with Gasteiger partial charge in [-0.1, -0.05) is 38.3 Å². The summed E-state index contributed by atoms with van der Waals surface area (Å²) in [4.78, 5) is 38.4. The highest BCUT2D eigenvalue weighted by atomic mass is 35.5. The van der Waals surface area contributed by atoms with Gasteiger partial charge in [-0.15, -0.1) is 0 Å². The standard InChI is InChI=1S/C21H28ClN3O3/c1-12-5-4-6-19(13(12)2)25-11-15(9-20(25)27)21(28)24-16-7-8-18(17(22)10-16)23-14(3)26/h7-8,10,12-13,15,19H,4-6,9,11H2,1-3H3,(H,23,26)(H,24,28)/t12-,13-,15+,19+/m0/s1. The van der Waals surface area contributed by atoms with Gasteiger partial charge in [0.2, 0.25) is 17.7 Å². The summed E-state index contributed by atoms with van der Waals surface area (Å²) in [6.45, 7) is 6.34. The second-order valence-corrected chi connectivity index (χ2v) is 8.55. The van der Waals surface area contributed by atoms with E-state index in [4.69, 9.17) is 11.6 Å². The lowest BCUT2D eigenvalue weighted by atomic mass is 9.77. The largest absolute Gasteiger partial charge is 0.339 e. The Morgan fingerprint density at radius 1 is 1.18 bits per heavy atom. The SMILES string of the molecule is CC(=O)Nc1ccc(NC(=O)[C@@H]2CC(=O)N([C@@H]3CCC[C@H](C)[C@@H]3C)C2)cc1Cl. The van der Waals surface area contributed by atoms with Gasteiger partial charge in [0.15, 0.2) is 0 Å². The molecule has 0 spiro atoms. The Balaban J connectivity index is 1.63. The van der Waals surface area contributed by atoms with Gasteiger partial charge in [-0.25, -0.2) is 0 Å². The molecule has 0 radical (unpaired) electrons. The summed E-state index contributed by atoms with van der Waals surface area (Å²) in [5, 5.41) is 5.83. The van der Waals surface area contributed by atoms with E-state index in [0.717, 1.165) is 12.8 Å². The molecule has 7 heteroatoms. The van der Waals surface area contributed by atoms with Crippen molar-refractivity contribution >= 4 is 40.7 Å². The molecule has 0 unspecified atom stereocenters. The zero-order valence-corrected chi connectivity index (χ0v) is 17.4. The third kappa shape index (κ3) is 4.49. The Morgan fingerprint density at radius 3 is 2.61 bits per heavy atom. The first kappa shape index (κ1) is 20.6. The Labute approximate surface area is 171 Å². The molecule has 1 saturated heterocycles. The van der Waals surface area contributed by atoms with E-state index < -0.39 is 0 Å². The summed E-state index contributed by atoms with van der Waals surface area (Å²) in [5.74, 6) is 0.393. The third-order valence-electron chi connectivity index (χ3n) is 6.14. The summed E-state index contributed by atoms with van der Waals surface area (Å²) in [6.07, 6.45) is 3.61. The molecule has 4 atom stereocenters. The molecule has 1 aliphatic heterocycles. The van der Waals surface area contributed by atoms with Gasteiger partial charge >= 0.3 is 0 Å². The van der Waals surface area contributed by atoms with Crippen molar-refractivity contribution in [3.63, 3.8) is 0 Å². The van der Waals surface area contributed by atoms with Crippen molar-refractivity contribution < 1.29 is 14.4 Å². The Morgan fingerprint density at radius 2 is 1.93 bits per heavy atom. The number of hydrogen-bond donors (Lipinski definition) is 2. The van der Waals surface area contributed by atoms with E-state index in [0.29, 0.717) is 34.8 Å². The molecule has 1 aliphatic carbocycles. The van der Waals surface area contributed by atoms with Crippen LogP contribution in [0.5, 0.6) is 0 Å². The molecule has 1 aromatic rings. The minimum absolute atomic E-state index is 0.0742. The minimum Gasteiger partial charge on any atom is -0.339 e. The maximum absolute atomic E-state index is 12.7. The van der Waals surface area contributed by atoms with Crippen LogP contribution in [-0.2, 0) is 14.4 Å². The summed E-state index contributed by atoms with van der Waals surface area (Å²) >= 11 is 6.17. The van der Waals surface area contributed by atoms with Crippen LogP contribution in [0.1, 0.15) is 46.5 Å². The van der Waals surface area contributed by atoms with Crippen LogP contribution in [0.2, 0.25) is 5.02 Å². The fourth-order valence-corrected chi connectivity index (χ4v) is 4.58. The van der Waals surface area contributed by atoms with Gasteiger partial charge in [0.05, 0.1) is 16.6 Å². The number of rotatable bonds is 4. The molecule has 2 N–H and O–H groups in total. The lowest BCUT2D eigenvalue weighted by Gasteiger charge is -2.40. The number of hydrogen-bond acceptors (Lipinski definition) is 3. The average Bonchev–Trinajstić information content (AvgIpc) is 3.01. The van der Waals surface area contributed by atoms with E-state index in [1.54, 1.807) is 18.2 Å². The smallest absolute Gasteiger partial charge is 0.229 e. The van der Waals surface area contributed by atoms with Gasteiger partial charge < -0.3 is 15.5 Å². The van der Waals surface area contributed by atoms with Crippen LogP contribution in [0, 0.1) is 17.8 Å². The molecule has 1 saturated carbocycles. The van der Waals surface area contributed by atoms with Crippen LogP contribution in [0.4, 0.5) is 11.4 Å². The summed E-state index contributed by atoms with van der Waals surface area (Å²) < 4.78 is 0. The number of benzene rings is 1. The zero-order valence-electron chi connectivity index (χ0n) is 16.6. The average molecular weight is 406 g/mol. The summed E-state index contributed by atoms with van der Waals surface area (Å²) in [7, 11) is 0. The van der Waals surface area contributed by atoms with Crippen LogP contribution in [0.3, 0.4) is 0 Å². The second kappa shape index (κ2) is 8.52. The normalized spacial score (nSPS) is 27.6. The lowest BCUT2D eigenvalue weighted by molar-refractivity contribution is -0.131. The fraction of sp³-hybridized carbons (Fsp3) is 0.571. The molecule has 0 bridgehead atoms. The number of amides is 3. The van der Waals surface area contributed by atoms with Gasteiger partial charge in [-0.2, -0.15) is 0 Å². The van der Waals surface area contributed by atoms with Crippen LogP contribution in [-0.4, -0.2) is 35.2 Å². The van der Waals surface area contributed by atoms with Gasteiger partial charge in [-0.05, 0) is 36.5 Å². The first-order chi connectivity index (χ1) is 13.3. The van der Waals surface area contributed by atoms with E-state index in [1.165, 1.54) is 13.3 Å². The predicted molar refractivity (Wildman–Crippen MR) is 110 cm³/mol. The highest BCUT2D eigenvalue weighted by molar-refractivity contribution is 6.34. The van der Waals surface area contributed by atoms with Crippen LogP contribution < -0.4 is 10.6 Å². The molecule has 1 aromatic carbocycles. The van der Waals surface area contributed by atoms with Crippen LogP contribution in [0.25, 0.3) is 0 Å². The minimum atomic E-state index is -0.356. The molecule has 3 rings (SSSR count). The number of nitrogens with zero attached hydrogens (tertiary/aromatic N) is 1. The lowest BCUT2D eigenvalue weighted by Crippen LogP contribution is -2.45. The Kier molecular flexibility index (Phi) is 6.28. The fourth-order valence-electron chi connectivity index (χ4n) is 4.35. The Bertz CT molecular complexity index is 782. The maximum atomic E-state index is 12.7. The highest BCUT2D eigenvalue weighted by Gasteiger charge is 2.41. The van der Waals surface area contributed by atoms with Gasteiger partial charge in [-0.3, -0.25) is 14.4 Å². The van der Waals surface area contributed by atoms with E-state index in [-0.39, 0.29) is 36.1 Å². The van der Waals surface area contributed by atoms with Gasteiger partial charge in [0.25, 0.3) is 0 Å². The predicted octanol–water partition coefficient (Wildman–Crippen LogP) is 3.91. The summed E-state index contributed by atoms with van der Waals surface area (Å²) in [6, 6.07) is 5.18. The zero-order chi connectivity index (χ0) is 20.4. The quantitative estimate of drug-likeness (QED) is 0.797. The van der Waals surface area contributed by atoms with E-state index in [2.05, 4.69) is 24.5 Å². The van der Waals surface area contributed by atoms with Crippen molar-refractivity contribution in [1.82, 2.24) is 4.90 Å². The van der Waals surface area contributed by atoms with Crippen LogP contribution >= 0.6 is 11.6 Å². The number of carbonyl (C=O) groups is 3. The first-order valence-electron chi connectivity index (χ1n) is 9.93. The molecule has 6 nitrogen and oxygen atoms in total. The van der Waals surface area contributed by atoms with E-state index >= 15 is 0 Å². The van der Waals surface area contributed by atoms with Gasteiger partial charge in [0.1, 0.15) is 0 Å². The number of carbonyl (C=O) groups excluding carboxylic acids is 3. The molecule has 28 heavy (non-hydrogen) atoms. The second-order valence-electron chi connectivity index (χ2n) is 8.15. The number of anilines is 2. The van der Waals surface area contributed by atoms with Crippen LogP contribution in [0.15, 0.2) is 18.2 Å². The topological polar surface area (TPSA) is 78.5 Å². The third-order valence-corrected chi connectivity index (χ3v) is 6.45. The van der Waals surface area contributed by atoms with Crippen molar-refractivity contribution in [3.05, 3.63) is 23.2 Å². The van der Waals surface area contributed by atoms with Crippen molar-refractivity contribution in [3.8, 4) is 0 Å². The first-order valence-corrected chi connectivity index (χ1v) is 10.3. The molecule has 2 aliphatic rings. The molecule has 0 aromatic heterocycles. The summed E-state index contributed by atoms with van der Waals surface area (Å²) in [5.41, 5.74) is 1.05. The van der Waals surface area contributed by atoms with Crippen molar-refractivity contribution in [1.29, 1.82) is 0 Å². The molecule has 1 heterocycles. The number of halogens is 1. The van der Waals surface area contributed by atoms with E-state index in [9.17, 15) is 14.4 Å². The number of likely N-dealkylation sites (tertiary alicyclic amines) is 1. The number of nitrogens with one attached hydrogen (secondary N) is 2. The molecular weight excluding hydrogens is 378 g/mol.